The Morgan fingerprint density at radius 3 is 2.84 bits per heavy atom. The van der Waals surface area contributed by atoms with E-state index < -0.39 is 10.0 Å². The highest BCUT2D eigenvalue weighted by Crippen LogP contribution is 2.29. The van der Waals surface area contributed by atoms with Gasteiger partial charge in [-0.15, -0.1) is 12.4 Å². The van der Waals surface area contributed by atoms with Gasteiger partial charge in [-0.3, -0.25) is 0 Å². The third-order valence-corrected chi connectivity index (χ3v) is 4.88. The number of halogens is 1. The van der Waals surface area contributed by atoms with Crippen molar-refractivity contribution in [2.75, 3.05) is 13.1 Å². The summed E-state index contributed by atoms with van der Waals surface area (Å²) in [6.45, 7) is 5.64. The van der Waals surface area contributed by atoms with Crippen molar-refractivity contribution in [3.8, 4) is 0 Å². The van der Waals surface area contributed by atoms with Crippen LogP contribution in [0.5, 0.6) is 0 Å². The Balaban J connectivity index is 0.00000180. The predicted molar refractivity (Wildman–Crippen MR) is 76.0 cm³/mol. The fourth-order valence-electron chi connectivity index (χ4n) is 2.30. The third-order valence-electron chi connectivity index (χ3n) is 3.57. The van der Waals surface area contributed by atoms with E-state index in [0.717, 1.165) is 19.4 Å². The van der Waals surface area contributed by atoms with E-state index in [9.17, 15) is 8.42 Å². The molecule has 1 aromatic rings. The second kappa shape index (κ2) is 6.26. The minimum absolute atomic E-state index is 0. The van der Waals surface area contributed by atoms with E-state index in [1.807, 2.05) is 0 Å². The molecule has 5 nitrogen and oxygen atoms in total. The quantitative estimate of drug-likeness (QED) is 0.889. The van der Waals surface area contributed by atoms with Gasteiger partial charge in [-0.2, -0.15) is 0 Å². The van der Waals surface area contributed by atoms with Crippen LogP contribution in [0.25, 0.3) is 0 Å². The van der Waals surface area contributed by atoms with Gasteiger partial charge in [0, 0.05) is 12.6 Å². The summed E-state index contributed by atoms with van der Waals surface area (Å²) in [5.41, 5.74) is 0.101. The molecular weight excluding hydrogens is 288 g/mol. The zero-order chi connectivity index (χ0) is 13.2. The van der Waals surface area contributed by atoms with Crippen LogP contribution in [0, 0.1) is 5.41 Å². The van der Waals surface area contributed by atoms with Crippen molar-refractivity contribution in [1.29, 1.82) is 0 Å². The first-order valence-electron chi connectivity index (χ1n) is 6.18. The van der Waals surface area contributed by atoms with Crippen molar-refractivity contribution < 1.29 is 12.8 Å². The number of hydrogen-bond acceptors (Lipinski definition) is 4. The number of furan rings is 1. The molecule has 0 spiro atoms. The summed E-state index contributed by atoms with van der Waals surface area (Å²) in [4.78, 5) is 0. The maximum atomic E-state index is 11.9. The van der Waals surface area contributed by atoms with Gasteiger partial charge < -0.3 is 9.73 Å². The Morgan fingerprint density at radius 1 is 1.53 bits per heavy atom. The van der Waals surface area contributed by atoms with Gasteiger partial charge in [0.15, 0.2) is 0 Å². The van der Waals surface area contributed by atoms with E-state index in [0.29, 0.717) is 6.54 Å². The highest BCUT2D eigenvalue weighted by molar-refractivity contribution is 7.89. The van der Waals surface area contributed by atoms with Gasteiger partial charge in [0.25, 0.3) is 10.0 Å². The Kier molecular flexibility index (Phi) is 5.43. The molecule has 0 aliphatic carbocycles. The zero-order valence-electron chi connectivity index (χ0n) is 11.2. The highest BCUT2D eigenvalue weighted by atomic mass is 35.5. The summed E-state index contributed by atoms with van der Waals surface area (Å²) < 4.78 is 31.4. The molecule has 1 aliphatic rings. The number of rotatable bonds is 4. The lowest BCUT2D eigenvalue weighted by Crippen LogP contribution is -2.52. The van der Waals surface area contributed by atoms with E-state index in [-0.39, 0.29) is 29.0 Å². The summed E-state index contributed by atoms with van der Waals surface area (Å²) in [5, 5.41) is 3.34. The normalized spacial score (nSPS) is 22.7. The van der Waals surface area contributed by atoms with Crippen LogP contribution in [0.2, 0.25) is 0 Å². The van der Waals surface area contributed by atoms with Crippen LogP contribution in [0.15, 0.2) is 27.9 Å². The summed E-state index contributed by atoms with van der Waals surface area (Å²) in [6, 6.07) is 3.16. The smallest absolute Gasteiger partial charge is 0.273 e. The van der Waals surface area contributed by atoms with Gasteiger partial charge in [-0.05, 0) is 36.9 Å². The largest absolute Gasteiger partial charge is 0.452 e. The van der Waals surface area contributed by atoms with E-state index in [2.05, 4.69) is 23.9 Å². The first-order chi connectivity index (χ1) is 8.42. The third kappa shape index (κ3) is 3.95. The van der Waals surface area contributed by atoms with Crippen molar-refractivity contribution in [1.82, 2.24) is 10.0 Å². The lowest BCUT2D eigenvalue weighted by atomic mass is 9.78. The average Bonchev–Trinajstić information content (AvgIpc) is 2.81. The molecule has 0 radical (unpaired) electrons. The molecule has 2 heterocycles. The van der Waals surface area contributed by atoms with Crippen LogP contribution in [0.1, 0.15) is 26.7 Å². The van der Waals surface area contributed by atoms with E-state index in [1.165, 1.54) is 12.3 Å². The predicted octanol–water partition coefficient (Wildman–Crippen LogP) is 1.76. The molecule has 1 unspecified atom stereocenters. The Morgan fingerprint density at radius 2 is 2.26 bits per heavy atom. The van der Waals surface area contributed by atoms with Crippen molar-refractivity contribution in [2.45, 2.75) is 37.8 Å². The Labute approximate surface area is 120 Å². The minimum atomic E-state index is -3.52. The first kappa shape index (κ1) is 16.5. The fourth-order valence-corrected chi connectivity index (χ4v) is 3.27. The number of sulfonamides is 1. The van der Waals surface area contributed by atoms with Gasteiger partial charge in [-0.1, -0.05) is 13.8 Å². The molecule has 0 bridgehead atoms. The first-order valence-corrected chi connectivity index (χ1v) is 7.67. The van der Waals surface area contributed by atoms with Crippen molar-refractivity contribution in [3.05, 3.63) is 18.4 Å². The molecule has 2 rings (SSSR count). The Bertz CT molecular complexity index is 485. The van der Waals surface area contributed by atoms with Crippen molar-refractivity contribution in [3.63, 3.8) is 0 Å². The summed E-state index contributed by atoms with van der Waals surface area (Å²) in [7, 11) is -3.52. The molecule has 19 heavy (non-hydrogen) atoms. The Hall–Kier alpha value is -0.560. The zero-order valence-corrected chi connectivity index (χ0v) is 12.8. The average molecular weight is 309 g/mol. The molecule has 0 saturated carbocycles. The minimum Gasteiger partial charge on any atom is -0.452 e. The number of nitrogens with one attached hydrogen (secondary N) is 2. The van der Waals surface area contributed by atoms with Gasteiger partial charge in [-0.25, -0.2) is 13.1 Å². The van der Waals surface area contributed by atoms with Crippen LogP contribution in [-0.4, -0.2) is 27.5 Å². The van der Waals surface area contributed by atoms with Gasteiger partial charge in [0.1, 0.15) is 0 Å². The lowest BCUT2D eigenvalue weighted by Gasteiger charge is -2.39. The van der Waals surface area contributed by atoms with Gasteiger partial charge >= 0.3 is 0 Å². The molecular formula is C12H21ClN2O3S. The molecule has 1 fully saturated rings. The fraction of sp³-hybridized carbons (Fsp3) is 0.667. The number of hydrogen-bond donors (Lipinski definition) is 2. The molecule has 2 N–H and O–H groups in total. The molecule has 110 valence electrons. The van der Waals surface area contributed by atoms with E-state index >= 15 is 0 Å². The second-order valence-corrected chi connectivity index (χ2v) is 7.08. The van der Waals surface area contributed by atoms with Crippen LogP contribution >= 0.6 is 12.4 Å². The maximum Gasteiger partial charge on any atom is 0.273 e. The molecule has 0 aromatic carbocycles. The van der Waals surface area contributed by atoms with Crippen LogP contribution in [0.4, 0.5) is 0 Å². The molecule has 1 atom stereocenters. The number of piperidine rings is 1. The highest BCUT2D eigenvalue weighted by Gasteiger charge is 2.33. The molecule has 0 amide bonds. The standard InChI is InChI=1S/C12H20N2O3S.ClH/c1-12(2)6-4-7-13-10(12)9-14-18(15,16)11-5-3-8-17-11;/h3,5,8,10,13-14H,4,6-7,9H2,1-2H3;1H. The van der Waals surface area contributed by atoms with Gasteiger partial charge in [0.2, 0.25) is 5.09 Å². The van der Waals surface area contributed by atoms with Crippen LogP contribution < -0.4 is 10.0 Å². The topological polar surface area (TPSA) is 71.3 Å². The monoisotopic (exact) mass is 308 g/mol. The van der Waals surface area contributed by atoms with Crippen molar-refractivity contribution >= 4 is 22.4 Å². The van der Waals surface area contributed by atoms with Gasteiger partial charge in [0.05, 0.1) is 6.26 Å². The summed E-state index contributed by atoms with van der Waals surface area (Å²) >= 11 is 0. The maximum absolute atomic E-state index is 11.9. The molecule has 7 heteroatoms. The lowest BCUT2D eigenvalue weighted by molar-refractivity contribution is 0.181. The van der Waals surface area contributed by atoms with Crippen molar-refractivity contribution in [2.24, 2.45) is 5.41 Å². The van der Waals surface area contributed by atoms with Crippen LogP contribution in [-0.2, 0) is 10.0 Å². The molecule has 1 saturated heterocycles. The molecule has 1 aromatic heterocycles. The summed E-state index contributed by atoms with van der Waals surface area (Å²) in [5.74, 6) is 0. The van der Waals surface area contributed by atoms with E-state index in [4.69, 9.17) is 4.42 Å². The molecule has 1 aliphatic heterocycles. The SMILES string of the molecule is CC1(C)CCCNC1CNS(=O)(=O)c1ccco1.Cl. The summed E-state index contributed by atoms with van der Waals surface area (Å²) in [6.07, 6.45) is 3.60. The second-order valence-electron chi connectivity index (χ2n) is 5.38. The van der Waals surface area contributed by atoms with Crippen LogP contribution in [0.3, 0.4) is 0 Å². The van der Waals surface area contributed by atoms with E-state index in [1.54, 1.807) is 6.07 Å².